The largest absolute Gasteiger partial charge is 0.478 e. The summed E-state index contributed by atoms with van der Waals surface area (Å²) in [5.74, 6) is -0.0609. The van der Waals surface area contributed by atoms with Crippen molar-refractivity contribution in [3.05, 3.63) is 70.8 Å². The van der Waals surface area contributed by atoms with Gasteiger partial charge in [0.25, 0.3) is 5.91 Å². The molecule has 0 radical (unpaired) electrons. The standard InChI is InChI=1S/C22H25NO4S/c1-28(27)15-17-5-4-7-19(14-17)21(24)23-11-9-16(10-12-23)13-18-6-2-3-8-20(18)22(25)26/h2-8,14,16H,9-13,15H2,1H3,(H,25,26). The molecule has 3 rings (SSSR count). The van der Waals surface area contributed by atoms with E-state index in [1.165, 1.54) is 0 Å². The van der Waals surface area contributed by atoms with E-state index in [0.29, 0.717) is 35.9 Å². The first-order chi connectivity index (χ1) is 13.4. The fraction of sp³-hybridized carbons (Fsp3) is 0.364. The normalized spacial score (nSPS) is 16.0. The molecule has 0 aliphatic carbocycles. The lowest BCUT2D eigenvalue weighted by Gasteiger charge is -2.32. The second-order valence-electron chi connectivity index (χ2n) is 7.32. The number of carboxylic acids is 1. The van der Waals surface area contributed by atoms with Gasteiger partial charge in [-0.2, -0.15) is 0 Å². The summed E-state index contributed by atoms with van der Waals surface area (Å²) >= 11 is 0. The first-order valence-corrected chi connectivity index (χ1v) is 11.2. The lowest BCUT2D eigenvalue weighted by molar-refractivity contribution is 0.0690. The molecule has 1 N–H and O–H groups in total. The van der Waals surface area contributed by atoms with Crippen LogP contribution in [0.1, 0.15) is 44.7 Å². The molecule has 0 spiro atoms. The summed E-state index contributed by atoms with van der Waals surface area (Å²) < 4.78 is 11.4. The predicted molar refractivity (Wildman–Crippen MR) is 110 cm³/mol. The van der Waals surface area contributed by atoms with Crippen molar-refractivity contribution in [2.24, 2.45) is 5.92 Å². The van der Waals surface area contributed by atoms with Gasteiger partial charge in [0.15, 0.2) is 0 Å². The molecule has 1 heterocycles. The van der Waals surface area contributed by atoms with Gasteiger partial charge in [0.1, 0.15) is 0 Å². The fourth-order valence-electron chi connectivity index (χ4n) is 3.77. The molecule has 1 unspecified atom stereocenters. The van der Waals surface area contributed by atoms with Crippen molar-refractivity contribution >= 4 is 22.7 Å². The fourth-order valence-corrected chi connectivity index (χ4v) is 4.42. The van der Waals surface area contributed by atoms with Crippen LogP contribution in [0.2, 0.25) is 0 Å². The van der Waals surface area contributed by atoms with Crippen molar-refractivity contribution in [3.8, 4) is 0 Å². The van der Waals surface area contributed by atoms with Gasteiger partial charge in [0, 0.05) is 41.5 Å². The Morgan fingerprint density at radius 1 is 1.11 bits per heavy atom. The first-order valence-electron chi connectivity index (χ1n) is 9.43. The molecule has 0 aromatic heterocycles. The van der Waals surface area contributed by atoms with E-state index >= 15 is 0 Å². The maximum atomic E-state index is 12.8. The average molecular weight is 400 g/mol. The summed E-state index contributed by atoms with van der Waals surface area (Å²) in [6.45, 7) is 1.34. The summed E-state index contributed by atoms with van der Waals surface area (Å²) in [5.41, 5.74) is 2.77. The minimum Gasteiger partial charge on any atom is -0.478 e. The molecule has 1 atom stereocenters. The number of hydrogen-bond acceptors (Lipinski definition) is 3. The van der Waals surface area contributed by atoms with Gasteiger partial charge in [-0.15, -0.1) is 0 Å². The Kier molecular flexibility index (Phi) is 6.62. The van der Waals surface area contributed by atoms with Crippen LogP contribution in [0.25, 0.3) is 0 Å². The molecule has 1 fully saturated rings. The minimum absolute atomic E-state index is 0.00752. The molecule has 1 amide bonds. The van der Waals surface area contributed by atoms with E-state index in [4.69, 9.17) is 0 Å². The van der Waals surface area contributed by atoms with Crippen molar-refractivity contribution in [1.29, 1.82) is 0 Å². The van der Waals surface area contributed by atoms with Gasteiger partial charge < -0.3 is 10.0 Å². The van der Waals surface area contributed by atoms with E-state index in [2.05, 4.69) is 0 Å². The van der Waals surface area contributed by atoms with E-state index in [1.807, 2.05) is 35.2 Å². The molecule has 2 aromatic rings. The third-order valence-electron chi connectivity index (χ3n) is 5.20. The van der Waals surface area contributed by atoms with Crippen molar-refractivity contribution in [3.63, 3.8) is 0 Å². The summed E-state index contributed by atoms with van der Waals surface area (Å²) in [4.78, 5) is 26.1. The second kappa shape index (κ2) is 9.15. The highest BCUT2D eigenvalue weighted by molar-refractivity contribution is 7.83. The highest BCUT2D eigenvalue weighted by Gasteiger charge is 2.25. The number of carboxylic acid groups (broad SMARTS) is 1. The molecule has 2 aromatic carbocycles. The zero-order valence-corrected chi connectivity index (χ0v) is 16.8. The van der Waals surface area contributed by atoms with E-state index in [0.717, 1.165) is 30.4 Å². The maximum absolute atomic E-state index is 12.8. The van der Waals surface area contributed by atoms with Gasteiger partial charge in [0.2, 0.25) is 0 Å². The summed E-state index contributed by atoms with van der Waals surface area (Å²) in [6, 6.07) is 14.5. The molecule has 1 saturated heterocycles. The second-order valence-corrected chi connectivity index (χ2v) is 8.75. The predicted octanol–water partition coefficient (Wildman–Crippen LogP) is 3.36. The Bertz CT molecular complexity index is 888. The lowest BCUT2D eigenvalue weighted by atomic mass is 9.88. The topological polar surface area (TPSA) is 74.7 Å². The zero-order valence-electron chi connectivity index (χ0n) is 16.0. The van der Waals surface area contributed by atoms with Crippen LogP contribution >= 0.6 is 0 Å². The third kappa shape index (κ3) is 5.07. The molecule has 148 valence electrons. The molecular formula is C22H25NO4S. The van der Waals surface area contributed by atoms with Crippen LogP contribution in [-0.2, 0) is 23.0 Å². The summed E-state index contributed by atoms with van der Waals surface area (Å²) in [6.07, 6.45) is 4.10. The van der Waals surface area contributed by atoms with E-state index < -0.39 is 16.8 Å². The molecule has 1 aliphatic heterocycles. The molecule has 1 aliphatic rings. The Hall–Kier alpha value is -2.47. The van der Waals surface area contributed by atoms with Gasteiger partial charge >= 0.3 is 5.97 Å². The van der Waals surface area contributed by atoms with Crippen LogP contribution < -0.4 is 0 Å². The van der Waals surface area contributed by atoms with Crippen molar-refractivity contribution < 1.29 is 18.9 Å². The van der Waals surface area contributed by atoms with E-state index in [1.54, 1.807) is 24.5 Å². The van der Waals surface area contributed by atoms with Crippen LogP contribution in [0.3, 0.4) is 0 Å². The number of amides is 1. The van der Waals surface area contributed by atoms with Gasteiger partial charge in [-0.05, 0) is 54.5 Å². The van der Waals surface area contributed by atoms with Crippen LogP contribution in [0.15, 0.2) is 48.5 Å². The average Bonchev–Trinajstić information content (AvgIpc) is 2.68. The minimum atomic E-state index is -0.939. The highest BCUT2D eigenvalue weighted by Crippen LogP contribution is 2.24. The molecule has 0 bridgehead atoms. The smallest absolute Gasteiger partial charge is 0.335 e. The highest BCUT2D eigenvalue weighted by atomic mass is 32.2. The van der Waals surface area contributed by atoms with E-state index in [9.17, 15) is 18.9 Å². The first kappa shape index (κ1) is 20.3. The Balaban J connectivity index is 1.60. The monoisotopic (exact) mass is 399 g/mol. The maximum Gasteiger partial charge on any atom is 0.335 e. The van der Waals surface area contributed by atoms with Gasteiger partial charge in [-0.25, -0.2) is 4.79 Å². The number of piperidine rings is 1. The number of aromatic carboxylic acids is 1. The SMILES string of the molecule is CS(=O)Cc1cccc(C(=O)N2CCC(Cc3ccccc3C(=O)O)CC2)c1. The van der Waals surface area contributed by atoms with Gasteiger partial charge in [-0.1, -0.05) is 30.3 Å². The Labute approximate surface area is 167 Å². The molecule has 5 nitrogen and oxygen atoms in total. The lowest BCUT2D eigenvalue weighted by Crippen LogP contribution is -2.39. The number of likely N-dealkylation sites (tertiary alicyclic amines) is 1. The number of nitrogens with zero attached hydrogens (tertiary/aromatic N) is 1. The van der Waals surface area contributed by atoms with Crippen LogP contribution in [-0.4, -0.2) is 45.4 Å². The number of carbonyl (C=O) groups is 2. The number of rotatable bonds is 6. The van der Waals surface area contributed by atoms with Gasteiger partial charge in [-0.3, -0.25) is 9.00 Å². The summed E-state index contributed by atoms with van der Waals surface area (Å²) in [5, 5.41) is 9.34. The number of hydrogen-bond donors (Lipinski definition) is 1. The Morgan fingerprint density at radius 2 is 1.82 bits per heavy atom. The van der Waals surface area contributed by atoms with Crippen LogP contribution in [0.4, 0.5) is 0 Å². The Morgan fingerprint density at radius 3 is 2.50 bits per heavy atom. The zero-order chi connectivity index (χ0) is 20.1. The number of carbonyl (C=O) groups excluding carboxylic acids is 1. The molecule has 0 saturated carbocycles. The molecule has 28 heavy (non-hydrogen) atoms. The van der Waals surface area contributed by atoms with Crippen LogP contribution in [0, 0.1) is 5.92 Å². The third-order valence-corrected chi connectivity index (χ3v) is 5.94. The van der Waals surface area contributed by atoms with Crippen molar-refractivity contribution in [2.45, 2.75) is 25.0 Å². The molecule has 6 heteroatoms. The quantitative estimate of drug-likeness (QED) is 0.808. The summed E-state index contributed by atoms with van der Waals surface area (Å²) in [7, 11) is -0.939. The molecular weight excluding hydrogens is 374 g/mol. The van der Waals surface area contributed by atoms with Crippen molar-refractivity contribution in [1.82, 2.24) is 4.90 Å². The number of benzene rings is 2. The van der Waals surface area contributed by atoms with E-state index in [-0.39, 0.29) is 5.91 Å². The van der Waals surface area contributed by atoms with Crippen molar-refractivity contribution in [2.75, 3.05) is 19.3 Å². The van der Waals surface area contributed by atoms with Gasteiger partial charge in [0.05, 0.1) is 5.56 Å². The van der Waals surface area contributed by atoms with Crippen LogP contribution in [0.5, 0.6) is 0 Å².